The molecule has 0 radical (unpaired) electrons. The Morgan fingerprint density at radius 2 is 2.05 bits per heavy atom. The zero-order valence-electron chi connectivity index (χ0n) is 12.2. The molecule has 108 valence electrons. The number of nitrogens with two attached hydrogens (primary N) is 1. The average molecular weight is 289 g/mol. The SMILES string of the molecule is CCCC(C)C(Cc1nc(-c2ccccc2)cs1)NN. The van der Waals surface area contributed by atoms with Crippen LogP contribution in [0.3, 0.4) is 0 Å². The van der Waals surface area contributed by atoms with Crippen LogP contribution in [0.2, 0.25) is 0 Å². The van der Waals surface area contributed by atoms with Crippen LogP contribution in [0.25, 0.3) is 11.3 Å². The van der Waals surface area contributed by atoms with Crippen molar-refractivity contribution in [2.75, 3.05) is 0 Å². The van der Waals surface area contributed by atoms with Gasteiger partial charge in [-0.15, -0.1) is 11.3 Å². The molecule has 0 bridgehead atoms. The van der Waals surface area contributed by atoms with E-state index in [1.807, 2.05) is 18.2 Å². The summed E-state index contributed by atoms with van der Waals surface area (Å²) in [6.07, 6.45) is 3.27. The molecule has 2 rings (SSSR count). The number of thiazole rings is 1. The summed E-state index contributed by atoms with van der Waals surface area (Å²) in [6, 6.07) is 10.6. The maximum Gasteiger partial charge on any atom is 0.0948 e. The normalized spacial score (nSPS) is 14.2. The third-order valence-electron chi connectivity index (χ3n) is 3.66. The number of benzene rings is 1. The summed E-state index contributed by atoms with van der Waals surface area (Å²) in [6.45, 7) is 4.46. The lowest BCUT2D eigenvalue weighted by molar-refractivity contribution is 0.356. The van der Waals surface area contributed by atoms with Gasteiger partial charge in [-0.1, -0.05) is 50.6 Å². The van der Waals surface area contributed by atoms with Crippen LogP contribution in [-0.2, 0) is 6.42 Å². The lowest BCUT2D eigenvalue weighted by Gasteiger charge is -2.21. The fourth-order valence-corrected chi connectivity index (χ4v) is 3.28. The third kappa shape index (κ3) is 3.88. The highest BCUT2D eigenvalue weighted by molar-refractivity contribution is 7.09. The molecule has 0 fully saturated rings. The summed E-state index contributed by atoms with van der Waals surface area (Å²) in [5, 5.41) is 3.28. The second kappa shape index (κ2) is 7.53. The topological polar surface area (TPSA) is 50.9 Å². The molecule has 0 aliphatic rings. The van der Waals surface area contributed by atoms with Gasteiger partial charge in [-0.2, -0.15) is 0 Å². The van der Waals surface area contributed by atoms with Gasteiger partial charge in [0.2, 0.25) is 0 Å². The van der Waals surface area contributed by atoms with Crippen LogP contribution in [0.4, 0.5) is 0 Å². The second-order valence-electron chi connectivity index (χ2n) is 5.24. The van der Waals surface area contributed by atoms with Crippen molar-refractivity contribution in [1.82, 2.24) is 10.4 Å². The van der Waals surface area contributed by atoms with Crippen LogP contribution in [0.5, 0.6) is 0 Å². The number of nitrogens with zero attached hydrogens (tertiary/aromatic N) is 1. The molecule has 3 nitrogen and oxygen atoms in total. The minimum Gasteiger partial charge on any atom is -0.271 e. The molecule has 2 unspecified atom stereocenters. The fraction of sp³-hybridized carbons (Fsp3) is 0.438. The summed E-state index contributed by atoms with van der Waals surface area (Å²) in [5.41, 5.74) is 5.19. The summed E-state index contributed by atoms with van der Waals surface area (Å²) < 4.78 is 0. The molecule has 3 N–H and O–H groups in total. The van der Waals surface area contributed by atoms with E-state index in [0.717, 1.165) is 17.1 Å². The van der Waals surface area contributed by atoms with Gasteiger partial charge in [0, 0.05) is 23.4 Å². The van der Waals surface area contributed by atoms with Gasteiger partial charge < -0.3 is 0 Å². The van der Waals surface area contributed by atoms with Gasteiger partial charge in [0.25, 0.3) is 0 Å². The third-order valence-corrected chi connectivity index (χ3v) is 4.53. The maximum absolute atomic E-state index is 5.70. The molecule has 20 heavy (non-hydrogen) atoms. The number of rotatable bonds is 7. The summed E-state index contributed by atoms with van der Waals surface area (Å²) in [5.74, 6) is 6.26. The van der Waals surface area contributed by atoms with E-state index in [0.29, 0.717) is 12.0 Å². The Labute approximate surface area is 125 Å². The average Bonchev–Trinajstić information content (AvgIpc) is 2.94. The standard InChI is InChI=1S/C16H23N3S/c1-3-7-12(2)14(19-17)10-16-18-15(11-20-16)13-8-5-4-6-9-13/h4-6,8-9,11-12,14,19H,3,7,10,17H2,1-2H3. The van der Waals surface area contributed by atoms with Crippen LogP contribution in [0.1, 0.15) is 31.7 Å². The van der Waals surface area contributed by atoms with Crippen molar-refractivity contribution in [3.63, 3.8) is 0 Å². The first-order valence-corrected chi connectivity index (χ1v) is 8.08. The van der Waals surface area contributed by atoms with Gasteiger partial charge in [0.05, 0.1) is 10.7 Å². The predicted molar refractivity (Wildman–Crippen MR) is 86.4 cm³/mol. The number of hydrogen-bond acceptors (Lipinski definition) is 4. The molecule has 0 aliphatic carbocycles. The summed E-state index contributed by atoms with van der Waals surface area (Å²) in [4.78, 5) is 4.73. The fourth-order valence-electron chi connectivity index (χ4n) is 2.42. The van der Waals surface area contributed by atoms with Gasteiger partial charge in [0.15, 0.2) is 0 Å². The zero-order valence-corrected chi connectivity index (χ0v) is 13.0. The molecule has 0 saturated heterocycles. The van der Waals surface area contributed by atoms with Crippen molar-refractivity contribution in [2.24, 2.45) is 11.8 Å². The van der Waals surface area contributed by atoms with Crippen molar-refractivity contribution in [3.8, 4) is 11.3 Å². The van der Waals surface area contributed by atoms with Crippen molar-refractivity contribution >= 4 is 11.3 Å². The van der Waals surface area contributed by atoms with E-state index in [-0.39, 0.29) is 0 Å². The molecule has 1 aromatic carbocycles. The molecule has 0 spiro atoms. The van der Waals surface area contributed by atoms with Gasteiger partial charge in [-0.05, 0) is 12.3 Å². The monoisotopic (exact) mass is 289 g/mol. The van der Waals surface area contributed by atoms with Crippen molar-refractivity contribution in [2.45, 2.75) is 39.2 Å². The summed E-state index contributed by atoms with van der Waals surface area (Å²) >= 11 is 1.72. The highest BCUT2D eigenvalue weighted by Gasteiger charge is 2.17. The molecular formula is C16H23N3S. The Morgan fingerprint density at radius 1 is 1.30 bits per heavy atom. The molecule has 2 atom stereocenters. The van der Waals surface area contributed by atoms with E-state index in [9.17, 15) is 0 Å². The van der Waals surface area contributed by atoms with Crippen LogP contribution in [0, 0.1) is 5.92 Å². The quantitative estimate of drug-likeness (QED) is 0.604. The first-order chi connectivity index (χ1) is 9.74. The largest absolute Gasteiger partial charge is 0.271 e. The Hall–Kier alpha value is -1.23. The maximum atomic E-state index is 5.70. The van der Waals surface area contributed by atoms with Crippen molar-refractivity contribution < 1.29 is 0 Å². The van der Waals surface area contributed by atoms with Gasteiger partial charge in [-0.3, -0.25) is 11.3 Å². The molecule has 4 heteroatoms. The molecule has 1 aromatic heterocycles. The van der Waals surface area contributed by atoms with E-state index < -0.39 is 0 Å². The van der Waals surface area contributed by atoms with Gasteiger partial charge in [-0.25, -0.2) is 4.98 Å². The molecule has 1 heterocycles. The lowest BCUT2D eigenvalue weighted by Crippen LogP contribution is -2.41. The Balaban J connectivity index is 2.05. The number of hydrogen-bond donors (Lipinski definition) is 2. The zero-order chi connectivity index (χ0) is 14.4. The number of nitrogens with one attached hydrogen (secondary N) is 1. The molecule has 2 aromatic rings. The molecule has 0 amide bonds. The Kier molecular flexibility index (Phi) is 5.71. The predicted octanol–water partition coefficient (Wildman–Crippen LogP) is 3.62. The molecular weight excluding hydrogens is 266 g/mol. The van der Waals surface area contributed by atoms with E-state index in [2.05, 4.69) is 36.8 Å². The van der Waals surface area contributed by atoms with Crippen LogP contribution < -0.4 is 11.3 Å². The highest BCUT2D eigenvalue weighted by Crippen LogP contribution is 2.23. The van der Waals surface area contributed by atoms with Crippen molar-refractivity contribution in [3.05, 3.63) is 40.7 Å². The van der Waals surface area contributed by atoms with Crippen LogP contribution in [-0.4, -0.2) is 11.0 Å². The minimum absolute atomic E-state index is 0.296. The van der Waals surface area contributed by atoms with Crippen LogP contribution in [0.15, 0.2) is 35.7 Å². The highest BCUT2D eigenvalue weighted by atomic mass is 32.1. The van der Waals surface area contributed by atoms with E-state index in [4.69, 9.17) is 10.8 Å². The van der Waals surface area contributed by atoms with Gasteiger partial charge in [0.1, 0.15) is 0 Å². The van der Waals surface area contributed by atoms with E-state index in [1.54, 1.807) is 11.3 Å². The lowest BCUT2D eigenvalue weighted by atomic mass is 9.95. The second-order valence-corrected chi connectivity index (χ2v) is 6.18. The first kappa shape index (κ1) is 15.2. The number of hydrazine groups is 1. The molecule has 0 saturated carbocycles. The smallest absolute Gasteiger partial charge is 0.0948 e. The van der Waals surface area contributed by atoms with Crippen LogP contribution >= 0.6 is 11.3 Å². The van der Waals surface area contributed by atoms with Gasteiger partial charge >= 0.3 is 0 Å². The van der Waals surface area contributed by atoms with E-state index in [1.165, 1.54) is 18.4 Å². The number of aromatic nitrogens is 1. The Bertz CT molecular complexity index is 509. The van der Waals surface area contributed by atoms with E-state index >= 15 is 0 Å². The summed E-state index contributed by atoms with van der Waals surface area (Å²) in [7, 11) is 0. The Morgan fingerprint density at radius 3 is 2.70 bits per heavy atom. The molecule has 0 aliphatic heterocycles. The first-order valence-electron chi connectivity index (χ1n) is 7.20. The van der Waals surface area contributed by atoms with Crippen molar-refractivity contribution in [1.29, 1.82) is 0 Å². The minimum atomic E-state index is 0.296.